The Morgan fingerprint density at radius 2 is 2.24 bits per heavy atom. The molecule has 0 saturated heterocycles. The minimum atomic E-state index is 0.322. The van der Waals surface area contributed by atoms with E-state index >= 15 is 0 Å². The second-order valence-electron chi connectivity index (χ2n) is 4.93. The van der Waals surface area contributed by atoms with E-state index in [0.717, 1.165) is 18.2 Å². The molecule has 1 aromatic heterocycles. The Hall–Kier alpha value is -1.09. The average molecular weight is 233 g/mol. The number of nitrogens with zero attached hydrogens (tertiary/aromatic N) is 2. The van der Waals surface area contributed by atoms with E-state index in [9.17, 15) is 0 Å². The van der Waals surface area contributed by atoms with Gasteiger partial charge in [-0.25, -0.2) is 0 Å². The average Bonchev–Trinajstić information content (AvgIpc) is 3.19. The number of rotatable bonds is 6. The number of anilines is 1. The van der Waals surface area contributed by atoms with E-state index < -0.39 is 0 Å². The molecule has 2 rings (SSSR count). The van der Waals surface area contributed by atoms with Gasteiger partial charge in [-0.05, 0) is 51.8 Å². The Bertz CT molecular complexity index is 343. The highest BCUT2D eigenvalue weighted by Crippen LogP contribution is 2.31. The predicted molar refractivity (Wildman–Crippen MR) is 72.3 cm³/mol. The molecule has 0 bridgehead atoms. The second kappa shape index (κ2) is 5.50. The molecule has 0 amide bonds. The van der Waals surface area contributed by atoms with E-state index in [1.807, 2.05) is 13.2 Å². The van der Waals surface area contributed by atoms with Gasteiger partial charge in [-0.3, -0.25) is 4.98 Å². The summed E-state index contributed by atoms with van der Waals surface area (Å²) >= 11 is 0. The van der Waals surface area contributed by atoms with Crippen LogP contribution in [-0.4, -0.2) is 25.1 Å². The molecular weight excluding hydrogens is 210 g/mol. The molecule has 94 valence electrons. The smallest absolute Gasteiger partial charge is 0.0571 e. The van der Waals surface area contributed by atoms with Gasteiger partial charge in [0.2, 0.25) is 0 Å². The molecule has 1 atom stereocenters. The molecule has 1 heterocycles. The van der Waals surface area contributed by atoms with Crippen LogP contribution in [0.3, 0.4) is 0 Å². The zero-order chi connectivity index (χ0) is 12.3. The van der Waals surface area contributed by atoms with Crippen molar-refractivity contribution in [3.63, 3.8) is 0 Å². The van der Waals surface area contributed by atoms with Gasteiger partial charge < -0.3 is 10.2 Å². The summed E-state index contributed by atoms with van der Waals surface area (Å²) in [6, 6.07) is 4.65. The van der Waals surface area contributed by atoms with Gasteiger partial charge in [-0.2, -0.15) is 0 Å². The van der Waals surface area contributed by atoms with Crippen molar-refractivity contribution in [2.24, 2.45) is 5.92 Å². The summed E-state index contributed by atoms with van der Waals surface area (Å²) in [5.74, 6) is 0.922. The Morgan fingerprint density at radius 3 is 2.71 bits per heavy atom. The number of hydrogen-bond donors (Lipinski definition) is 1. The number of hydrogen-bond acceptors (Lipinski definition) is 3. The van der Waals surface area contributed by atoms with Crippen molar-refractivity contribution in [1.82, 2.24) is 10.3 Å². The highest BCUT2D eigenvalue weighted by molar-refractivity contribution is 5.44. The monoisotopic (exact) mass is 233 g/mol. The first-order chi connectivity index (χ1) is 8.24. The molecule has 3 nitrogen and oxygen atoms in total. The molecule has 17 heavy (non-hydrogen) atoms. The van der Waals surface area contributed by atoms with E-state index in [2.05, 4.69) is 41.2 Å². The summed E-state index contributed by atoms with van der Waals surface area (Å²) in [5, 5.41) is 3.21. The van der Waals surface area contributed by atoms with Crippen molar-refractivity contribution >= 4 is 5.69 Å². The summed E-state index contributed by atoms with van der Waals surface area (Å²) in [7, 11) is 1.96. The highest BCUT2D eigenvalue weighted by Gasteiger charge is 2.23. The normalized spacial score (nSPS) is 16.9. The van der Waals surface area contributed by atoms with Crippen molar-refractivity contribution in [2.75, 3.05) is 25.0 Å². The molecule has 1 aromatic rings. The lowest BCUT2D eigenvalue weighted by molar-refractivity contribution is 0.632. The predicted octanol–water partition coefficient (Wildman–Crippen LogP) is 2.60. The summed E-state index contributed by atoms with van der Waals surface area (Å²) in [6.07, 6.45) is 4.81. The van der Waals surface area contributed by atoms with Gasteiger partial charge in [-0.15, -0.1) is 0 Å². The van der Waals surface area contributed by atoms with Gasteiger partial charge >= 0.3 is 0 Å². The lowest BCUT2D eigenvalue weighted by Gasteiger charge is -2.23. The lowest BCUT2D eigenvalue weighted by atomic mass is 10.2. The zero-order valence-corrected chi connectivity index (χ0v) is 11.1. The summed E-state index contributed by atoms with van der Waals surface area (Å²) in [4.78, 5) is 6.97. The van der Waals surface area contributed by atoms with Crippen molar-refractivity contribution in [3.05, 3.63) is 24.0 Å². The standard InChI is InChI=1S/C14H23N3/c1-4-17(10-12-5-6-12)13-7-8-14(16-9-13)11(2)15-3/h7-9,11-12,15H,4-6,10H2,1-3H3. The molecule has 1 unspecified atom stereocenters. The van der Waals surface area contributed by atoms with Crippen LogP contribution in [0.1, 0.15) is 38.4 Å². The maximum atomic E-state index is 4.54. The first-order valence-electron chi connectivity index (χ1n) is 6.62. The Labute approximate surface area is 104 Å². The van der Waals surface area contributed by atoms with Crippen LogP contribution in [0.5, 0.6) is 0 Å². The number of nitrogens with one attached hydrogen (secondary N) is 1. The largest absolute Gasteiger partial charge is 0.370 e. The molecule has 3 heteroatoms. The van der Waals surface area contributed by atoms with Gasteiger partial charge in [0.05, 0.1) is 17.6 Å². The number of aromatic nitrogens is 1. The van der Waals surface area contributed by atoms with E-state index in [-0.39, 0.29) is 0 Å². The van der Waals surface area contributed by atoms with Crippen LogP contribution in [0.15, 0.2) is 18.3 Å². The molecule has 1 fully saturated rings. The minimum Gasteiger partial charge on any atom is -0.370 e. The first-order valence-corrected chi connectivity index (χ1v) is 6.62. The van der Waals surface area contributed by atoms with Gasteiger partial charge in [0.1, 0.15) is 0 Å². The third-order valence-electron chi connectivity index (χ3n) is 3.57. The van der Waals surface area contributed by atoms with Crippen molar-refractivity contribution < 1.29 is 0 Å². The SMILES string of the molecule is CCN(CC1CC1)c1ccc(C(C)NC)nc1. The van der Waals surface area contributed by atoms with Crippen LogP contribution < -0.4 is 10.2 Å². The van der Waals surface area contributed by atoms with Crippen LogP contribution in [-0.2, 0) is 0 Å². The Balaban J connectivity index is 2.04. The zero-order valence-electron chi connectivity index (χ0n) is 11.1. The molecule has 1 aliphatic rings. The van der Waals surface area contributed by atoms with Gasteiger partial charge in [0.15, 0.2) is 0 Å². The van der Waals surface area contributed by atoms with Gasteiger partial charge in [0.25, 0.3) is 0 Å². The third-order valence-corrected chi connectivity index (χ3v) is 3.57. The lowest BCUT2D eigenvalue weighted by Crippen LogP contribution is -2.25. The Morgan fingerprint density at radius 1 is 1.47 bits per heavy atom. The second-order valence-corrected chi connectivity index (χ2v) is 4.93. The van der Waals surface area contributed by atoms with Gasteiger partial charge in [-0.1, -0.05) is 0 Å². The molecule has 1 saturated carbocycles. The quantitative estimate of drug-likeness (QED) is 0.818. The first kappa shape index (κ1) is 12.4. The molecule has 0 aliphatic heterocycles. The fraction of sp³-hybridized carbons (Fsp3) is 0.643. The molecule has 0 spiro atoms. The fourth-order valence-electron chi connectivity index (χ4n) is 2.02. The summed E-state index contributed by atoms with van der Waals surface area (Å²) < 4.78 is 0. The molecule has 1 N–H and O–H groups in total. The van der Waals surface area contributed by atoms with Crippen molar-refractivity contribution in [1.29, 1.82) is 0 Å². The van der Waals surface area contributed by atoms with Crippen LogP contribution >= 0.6 is 0 Å². The molecule has 1 aliphatic carbocycles. The maximum absolute atomic E-state index is 4.54. The maximum Gasteiger partial charge on any atom is 0.0571 e. The van der Waals surface area contributed by atoms with Crippen molar-refractivity contribution in [2.45, 2.75) is 32.7 Å². The molecule has 0 aromatic carbocycles. The summed E-state index contributed by atoms with van der Waals surface area (Å²) in [6.45, 7) is 6.61. The highest BCUT2D eigenvalue weighted by atomic mass is 15.1. The van der Waals surface area contributed by atoms with Crippen LogP contribution in [0.4, 0.5) is 5.69 Å². The molecular formula is C14H23N3. The molecule has 0 radical (unpaired) electrons. The number of pyridine rings is 1. The van der Waals surface area contributed by atoms with Crippen LogP contribution in [0, 0.1) is 5.92 Å². The topological polar surface area (TPSA) is 28.2 Å². The van der Waals surface area contributed by atoms with Crippen LogP contribution in [0.25, 0.3) is 0 Å². The Kier molecular flexibility index (Phi) is 4.00. The van der Waals surface area contributed by atoms with Crippen molar-refractivity contribution in [3.8, 4) is 0 Å². The van der Waals surface area contributed by atoms with Gasteiger partial charge in [0, 0.05) is 19.1 Å². The van der Waals surface area contributed by atoms with E-state index in [4.69, 9.17) is 0 Å². The van der Waals surface area contributed by atoms with E-state index in [1.165, 1.54) is 25.1 Å². The third kappa shape index (κ3) is 3.19. The minimum absolute atomic E-state index is 0.322. The van der Waals surface area contributed by atoms with E-state index in [0.29, 0.717) is 6.04 Å². The van der Waals surface area contributed by atoms with Crippen LogP contribution in [0.2, 0.25) is 0 Å². The summed E-state index contributed by atoms with van der Waals surface area (Å²) in [5.41, 5.74) is 2.37. The van der Waals surface area contributed by atoms with E-state index in [1.54, 1.807) is 0 Å². The fourth-order valence-corrected chi connectivity index (χ4v) is 2.02.